The molecule has 0 bridgehead atoms. The molecule has 1 aliphatic rings. The van der Waals surface area contributed by atoms with Crippen LogP contribution in [0.3, 0.4) is 0 Å². The number of fused-ring (bicyclic) bond motifs is 1. The number of hydrogen-bond acceptors (Lipinski definition) is 2. The fourth-order valence-corrected chi connectivity index (χ4v) is 1.17. The molecule has 50 valence electrons. The highest BCUT2D eigenvalue weighted by molar-refractivity contribution is 6.09. The second-order valence-corrected chi connectivity index (χ2v) is 2.35. The number of ketones is 1. The van der Waals surface area contributed by atoms with E-state index in [4.69, 9.17) is 5.11 Å². The quantitative estimate of drug-likeness (QED) is 0.572. The number of aliphatic hydroxyl groups excluding tert-OH is 1. The third-order valence-corrected chi connectivity index (χ3v) is 1.77. The van der Waals surface area contributed by atoms with Gasteiger partial charge in [-0.3, -0.25) is 4.79 Å². The van der Waals surface area contributed by atoms with Gasteiger partial charge in [-0.2, -0.15) is 0 Å². The Balaban J connectivity index is 2.60. The summed E-state index contributed by atoms with van der Waals surface area (Å²) in [6.45, 7) is 0. The van der Waals surface area contributed by atoms with Crippen molar-refractivity contribution in [3.8, 4) is 0 Å². The number of carbonyl (C=O) groups excluding carboxylic acids is 1. The molecule has 0 radical (unpaired) electrons. The molecule has 1 aliphatic carbocycles. The lowest BCUT2D eigenvalue weighted by molar-refractivity contribution is 0.0674. The third-order valence-electron chi connectivity index (χ3n) is 1.77. The van der Waals surface area contributed by atoms with Crippen LogP contribution in [0.1, 0.15) is 22.0 Å². The molecule has 1 N–H and O–H groups in total. The molecule has 0 aromatic heterocycles. The lowest BCUT2D eigenvalue weighted by Gasteiger charge is -2.22. The Labute approximate surface area is 58.1 Å². The van der Waals surface area contributed by atoms with Gasteiger partial charge in [0.1, 0.15) is 6.10 Å². The van der Waals surface area contributed by atoms with Crippen LogP contribution >= 0.6 is 0 Å². The predicted molar refractivity (Wildman–Crippen MR) is 35.7 cm³/mol. The maximum atomic E-state index is 10.8. The van der Waals surface area contributed by atoms with Crippen molar-refractivity contribution in [3.05, 3.63) is 35.4 Å². The van der Waals surface area contributed by atoms with Crippen molar-refractivity contribution in [3.63, 3.8) is 0 Å². The first-order valence-electron chi connectivity index (χ1n) is 3.12. The molecule has 0 fully saturated rings. The Morgan fingerprint density at radius 2 is 2.00 bits per heavy atom. The number of Topliss-reactive ketones (excluding diaryl/α,β-unsaturated/α-hetero) is 1. The predicted octanol–water partition coefficient (Wildman–Crippen LogP) is 0.916. The van der Waals surface area contributed by atoms with Crippen molar-refractivity contribution in [2.45, 2.75) is 6.10 Å². The van der Waals surface area contributed by atoms with Crippen LogP contribution in [0.5, 0.6) is 0 Å². The maximum absolute atomic E-state index is 10.8. The van der Waals surface area contributed by atoms with E-state index in [0.717, 1.165) is 5.56 Å². The molecule has 0 heterocycles. The van der Waals surface area contributed by atoms with E-state index < -0.39 is 6.10 Å². The topological polar surface area (TPSA) is 37.3 Å². The van der Waals surface area contributed by atoms with Crippen molar-refractivity contribution in [1.29, 1.82) is 0 Å². The molecule has 0 unspecified atom stereocenters. The zero-order valence-corrected chi connectivity index (χ0v) is 5.24. The molecular weight excluding hydrogens is 128 g/mol. The minimum absolute atomic E-state index is 0.157. The van der Waals surface area contributed by atoms with Gasteiger partial charge in [0.2, 0.25) is 0 Å². The Hall–Kier alpha value is -1.15. The summed E-state index contributed by atoms with van der Waals surface area (Å²) in [5.41, 5.74) is 1.42. The van der Waals surface area contributed by atoms with Crippen LogP contribution in [0.4, 0.5) is 0 Å². The minimum atomic E-state index is -0.851. The summed E-state index contributed by atoms with van der Waals surface area (Å²) in [5, 5.41) is 9.02. The third kappa shape index (κ3) is 0.491. The second-order valence-electron chi connectivity index (χ2n) is 2.35. The lowest BCUT2D eigenvalue weighted by atomic mass is 9.84. The van der Waals surface area contributed by atoms with Gasteiger partial charge in [0, 0.05) is 5.56 Å². The number of benzene rings is 1. The first-order valence-corrected chi connectivity index (χ1v) is 3.12. The summed E-state index contributed by atoms with van der Waals surface area (Å²) in [6.07, 6.45) is -0.851. The Morgan fingerprint density at radius 3 is 2.70 bits per heavy atom. The molecule has 2 heteroatoms. The molecule has 0 saturated heterocycles. The van der Waals surface area contributed by atoms with E-state index >= 15 is 0 Å². The highest BCUT2D eigenvalue weighted by Gasteiger charge is 2.33. The summed E-state index contributed by atoms with van der Waals surface area (Å²) < 4.78 is 0. The summed E-state index contributed by atoms with van der Waals surface area (Å²) in [6, 6.07) is 7.10. The Morgan fingerprint density at radius 1 is 1.30 bits per heavy atom. The molecule has 0 saturated carbocycles. The highest BCUT2D eigenvalue weighted by atomic mass is 16.3. The average Bonchev–Trinajstić information content (AvgIpc) is 2.03. The average molecular weight is 134 g/mol. The van der Waals surface area contributed by atoms with Gasteiger partial charge in [0.05, 0.1) is 0 Å². The van der Waals surface area contributed by atoms with Gasteiger partial charge in [-0.05, 0) is 5.56 Å². The number of hydrogen-bond donors (Lipinski definition) is 1. The van der Waals surface area contributed by atoms with E-state index in [2.05, 4.69) is 0 Å². The first kappa shape index (κ1) is 5.62. The Bertz CT molecular complexity index is 291. The van der Waals surface area contributed by atoms with Crippen LogP contribution < -0.4 is 0 Å². The van der Waals surface area contributed by atoms with E-state index in [1.165, 1.54) is 0 Å². The summed E-state index contributed by atoms with van der Waals surface area (Å²) in [7, 11) is 0. The highest BCUT2D eigenvalue weighted by Crippen LogP contribution is 2.31. The SMILES string of the molecule is O=C1c2ccccc2[C@H]1O. The molecule has 1 atom stereocenters. The van der Waals surface area contributed by atoms with Crippen LogP contribution in [0.25, 0.3) is 0 Å². The normalized spacial score (nSPS) is 21.7. The lowest BCUT2D eigenvalue weighted by Crippen LogP contribution is -2.25. The molecule has 1 aromatic carbocycles. The summed E-state index contributed by atoms with van der Waals surface area (Å²) >= 11 is 0. The number of rotatable bonds is 0. The number of carbonyl (C=O) groups is 1. The van der Waals surface area contributed by atoms with E-state index in [-0.39, 0.29) is 5.78 Å². The van der Waals surface area contributed by atoms with Crippen LogP contribution in [0.15, 0.2) is 24.3 Å². The molecular formula is C8H6O2. The van der Waals surface area contributed by atoms with E-state index in [0.29, 0.717) is 5.56 Å². The largest absolute Gasteiger partial charge is 0.380 e. The maximum Gasteiger partial charge on any atom is 0.196 e. The summed E-state index contributed by atoms with van der Waals surface area (Å²) in [5.74, 6) is -0.157. The first-order chi connectivity index (χ1) is 4.80. The van der Waals surface area contributed by atoms with Gasteiger partial charge < -0.3 is 5.11 Å². The van der Waals surface area contributed by atoms with E-state index in [1.807, 2.05) is 6.07 Å². The second kappa shape index (κ2) is 1.67. The zero-order chi connectivity index (χ0) is 7.14. The fraction of sp³-hybridized carbons (Fsp3) is 0.125. The minimum Gasteiger partial charge on any atom is -0.380 e. The fourth-order valence-electron chi connectivity index (χ4n) is 1.17. The van der Waals surface area contributed by atoms with Crippen LogP contribution in [0, 0.1) is 0 Å². The molecule has 0 aliphatic heterocycles. The molecule has 0 spiro atoms. The smallest absolute Gasteiger partial charge is 0.196 e. The van der Waals surface area contributed by atoms with E-state index in [9.17, 15) is 4.79 Å². The van der Waals surface area contributed by atoms with Gasteiger partial charge in [-0.1, -0.05) is 24.3 Å². The van der Waals surface area contributed by atoms with Crippen LogP contribution in [-0.4, -0.2) is 10.9 Å². The van der Waals surface area contributed by atoms with Gasteiger partial charge in [-0.25, -0.2) is 0 Å². The van der Waals surface area contributed by atoms with Crippen molar-refractivity contribution >= 4 is 5.78 Å². The monoisotopic (exact) mass is 134 g/mol. The van der Waals surface area contributed by atoms with Gasteiger partial charge >= 0.3 is 0 Å². The standard InChI is InChI=1S/C8H6O2/c9-7-5-3-1-2-4-6(5)8(7)10/h1-4,7,9H/t7-/m1/s1. The molecule has 2 nitrogen and oxygen atoms in total. The molecule has 2 rings (SSSR count). The zero-order valence-electron chi connectivity index (χ0n) is 5.24. The molecule has 0 amide bonds. The molecule has 10 heavy (non-hydrogen) atoms. The van der Waals surface area contributed by atoms with Crippen molar-refractivity contribution in [2.75, 3.05) is 0 Å². The van der Waals surface area contributed by atoms with Crippen LogP contribution in [-0.2, 0) is 0 Å². The van der Waals surface area contributed by atoms with Gasteiger partial charge in [0.25, 0.3) is 0 Å². The van der Waals surface area contributed by atoms with Crippen molar-refractivity contribution in [2.24, 2.45) is 0 Å². The van der Waals surface area contributed by atoms with Gasteiger partial charge in [0.15, 0.2) is 5.78 Å². The van der Waals surface area contributed by atoms with Crippen molar-refractivity contribution < 1.29 is 9.90 Å². The Kier molecular flexibility index (Phi) is 0.939. The van der Waals surface area contributed by atoms with E-state index in [1.54, 1.807) is 18.2 Å². The summed E-state index contributed by atoms with van der Waals surface area (Å²) in [4.78, 5) is 10.8. The number of aliphatic hydroxyl groups is 1. The van der Waals surface area contributed by atoms with Gasteiger partial charge in [-0.15, -0.1) is 0 Å². The molecule has 1 aromatic rings. The van der Waals surface area contributed by atoms with Crippen LogP contribution in [0.2, 0.25) is 0 Å². The van der Waals surface area contributed by atoms with Crippen molar-refractivity contribution in [1.82, 2.24) is 0 Å².